The molecule has 0 aliphatic heterocycles. The standard InChI is InChI=1S/C27H22.C26H30.C23H18F6O2.C23H24O2.C16H15F3O/c1-19-11-15-21(16-12-19)27(22-17-13-20(2)14-18-22)25-9-5-3-7-23(25)24-8-4-6-10-26(24)27;1-19-10-14-21(15-11-19)25(3,4)23-8-7-9-24(18-23)26(5,6)22-16-12-20(2)13-17-22;1-15-3-9-19(10-4-15)31-20-13-7-17(8-14-20)21(22(24,25)26,23(27,28)29)16-5-11-18(30-2)12-6-16;1-17-5-11-21(12-6-17)25-22-15-9-19(10-16-22)23(2,3)18-7-13-20(24-4)14-8-18;1-10-4-6-14(12(3)8-10)20-15-7-5-11(2)9-13(15)16(17,18)19/h3-18H,1-2H3;7-18H,1-6H3;3-14H,1-2H3;5-16H,1-4H3;4-9H,1-3H3. The Labute approximate surface area is 753 Å². The summed E-state index contributed by atoms with van der Waals surface area (Å²) in [5.74, 6) is 3.50. The second-order valence-corrected chi connectivity index (χ2v) is 34.7. The lowest BCUT2D eigenvalue weighted by atomic mass is 9.67. The van der Waals surface area contributed by atoms with Gasteiger partial charge in [-0.2, -0.15) is 39.5 Å². The van der Waals surface area contributed by atoms with Gasteiger partial charge in [0.05, 0.1) is 25.2 Å². The van der Waals surface area contributed by atoms with Gasteiger partial charge in [0.1, 0.15) is 46.0 Å². The van der Waals surface area contributed by atoms with Crippen LogP contribution in [-0.4, -0.2) is 26.6 Å². The summed E-state index contributed by atoms with van der Waals surface area (Å²) >= 11 is 0. The van der Waals surface area contributed by atoms with Crippen LogP contribution in [0.4, 0.5) is 39.5 Å². The first-order chi connectivity index (χ1) is 61.2. The van der Waals surface area contributed by atoms with Gasteiger partial charge in [-0.05, 0) is 237 Å². The summed E-state index contributed by atoms with van der Waals surface area (Å²) in [5.41, 5.74) is 18.5. The van der Waals surface area contributed by atoms with Crippen molar-refractivity contribution in [1.82, 2.24) is 0 Å². The van der Waals surface area contributed by atoms with E-state index in [0.29, 0.717) is 17.1 Å². The molecule has 0 saturated carbocycles. The van der Waals surface area contributed by atoms with Crippen LogP contribution in [0.15, 0.2) is 352 Å². The SMILES string of the molecule is COc1ccc(C(C)(C)c2ccc(Oc3ccc(C)cc3)cc2)cc1.COc1ccc(C(c2ccc(Oc3ccc(C)cc3)cc2)(C(F)(F)F)C(F)(F)F)cc1.Cc1ccc(C(C)(C)c2cccc(C(C)(C)c3ccc(C)cc3)c2)cc1.Cc1ccc(C2(c3ccc(C)cc3)c3ccccc3-c3ccccc32)cc1.Cc1ccc(Oc2ccc(C)cc2C(F)(F)F)c(C)c1. The van der Waals surface area contributed by atoms with Gasteiger partial charge in [-0.1, -0.05) is 347 Å². The van der Waals surface area contributed by atoms with Crippen molar-refractivity contribution in [1.29, 1.82) is 0 Å². The first-order valence-corrected chi connectivity index (χ1v) is 42.8. The highest BCUT2D eigenvalue weighted by atomic mass is 19.4. The van der Waals surface area contributed by atoms with Gasteiger partial charge in [-0.15, -0.1) is 0 Å². The number of halogens is 9. The van der Waals surface area contributed by atoms with Crippen molar-refractivity contribution in [3.63, 3.8) is 0 Å². The summed E-state index contributed by atoms with van der Waals surface area (Å²) in [5, 5.41) is 0. The van der Waals surface area contributed by atoms with Gasteiger partial charge in [-0.3, -0.25) is 0 Å². The average molecular weight is 1740 g/mol. The predicted molar refractivity (Wildman–Crippen MR) is 505 cm³/mol. The number of ether oxygens (including phenoxy) is 5. The fourth-order valence-corrected chi connectivity index (χ4v) is 16.4. The smallest absolute Gasteiger partial charge is 0.419 e. The summed E-state index contributed by atoms with van der Waals surface area (Å²) in [4.78, 5) is 0. The molecule has 0 fully saturated rings. The van der Waals surface area contributed by atoms with E-state index in [2.05, 4.69) is 282 Å². The van der Waals surface area contributed by atoms with E-state index in [1.807, 2.05) is 69.3 Å². The second-order valence-electron chi connectivity index (χ2n) is 34.7. The number of aryl methyl sites for hydroxylation is 9. The highest BCUT2D eigenvalue weighted by Gasteiger charge is 2.72. The van der Waals surface area contributed by atoms with Crippen molar-refractivity contribution in [2.45, 2.75) is 149 Å². The number of fused-ring (bicyclic) bond motifs is 3. The minimum absolute atomic E-state index is 0.0208. The van der Waals surface area contributed by atoms with Crippen molar-refractivity contribution in [3.05, 3.63) is 474 Å². The first-order valence-electron chi connectivity index (χ1n) is 42.8. The van der Waals surface area contributed by atoms with Crippen LogP contribution in [-0.2, 0) is 33.3 Å². The van der Waals surface area contributed by atoms with Crippen LogP contribution in [0.5, 0.6) is 46.0 Å². The third-order valence-electron chi connectivity index (χ3n) is 24.3. The van der Waals surface area contributed by atoms with Crippen LogP contribution >= 0.6 is 0 Å². The van der Waals surface area contributed by atoms with Crippen LogP contribution in [0.25, 0.3) is 11.1 Å². The molecule has 14 heteroatoms. The molecular weight excluding hydrogens is 1630 g/mol. The number of benzene rings is 15. The van der Waals surface area contributed by atoms with Gasteiger partial charge in [0, 0.05) is 16.2 Å². The van der Waals surface area contributed by atoms with Gasteiger partial charge in [-0.25, -0.2) is 0 Å². The Kier molecular flexibility index (Phi) is 29.0. The lowest BCUT2D eigenvalue weighted by molar-refractivity contribution is -0.288. The molecule has 0 saturated heterocycles. The summed E-state index contributed by atoms with van der Waals surface area (Å²) in [6.45, 7) is 31.6. The second kappa shape index (κ2) is 39.5. The number of rotatable bonds is 18. The number of alkyl halides is 9. The molecular formula is C115H109F9O5. The molecule has 0 radical (unpaired) electrons. The van der Waals surface area contributed by atoms with Gasteiger partial charge < -0.3 is 23.7 Å². The lowest BCUT2D eigenvalue weighted by Crippen LogP contribution is -2.54. The third kappa shape index (κ3) is 21.4. The largest absolute Gasteiger partial charge is 0.497 e. The monoisotopic (exact) mass is 1740 g/mol. The maximum absolute atomic E-state index is 14.1. The predicted octanol–water partition coefficient (Wildman–Crippen LogP) is 32.4. The van der Waals surface area contributed by atoms with Gasteiger partial charge in [0.25, 0.3) is 0 Å². The van der Waals surface area contributed by atoms with Crippen LogP contribution < -0.4 is 23.7 Å². The molecule has 1 aliphatic rings. The summed E-state index contributed by atoms with van der Waals surface area (Å²) in [7, 11) is 2.95. The fourth-order valence-electron chi connectivity index (χ4n) is 16.4. The Morgan fingerprint density at radius 1 is 0.233 bits per heavy atom. The first kappa shape index (κ1) is 94.8. The Morgan fingerprint density at radius 2 is 0.504 bits per heavy atom. The van der Waals surface area contributed by atoms with E-state index >= 15 is 0 Å². The highest BCUT2D eigenvalue weighted by Crippen LogP contribution is 2.58. The van der Waals surface area contributed by atoms with E-state index in [1.54, 1.807) is 50.4 Å². The van der Waals surface area contributed by atoms with E-state index in [9.17, 15) is 39.5 Å². The molecule has 15 aromatic rings. The summed E-state index contributed by atoms with van der Waals surface area (Å²) in [6.07, 6.45) is -15.7. The molecule has 0 bridgehead atoms. The van der Waals surface area contributed by atoms with Crippen molar-refractivity contribution in [2.75, 3.05) is 14.2 Å². The van der Waals surface area contributed by atoms with Crippen molar-refractivity contribution in [3.8, 4) is 57.1 Å². The van der Waals surface area contributed by atoms with Crippen LogP contribution in [0, 0.1) is 62.3 Å². The zero-order valence-electron chi connectivity index (χ0n) is 75.9. The number of hydrogen-bond acceptors (Lipinski definition) is 5. The molecule has 662 valence electrons. The molecule has 0 heterocycles. The molecule has 0 atom stereocenters. The third-order valence-corrected chi connectivity index (χ3v) is 24.3. The number of hydrogen-bond donors (Lipinski definition) is 0. The summed E-state index contributed by atoms with van der Waals surface area (Å²) in [6, 6.07) is 111. The molecule has 0 aromatic heterocycles. The Morgan fingerprint density at radius 3 is 0.829 bits per heavy atom. The molecule has 129 heavy (non-hydrogen) atoms. The zero-order chi connectivity index (χ0) is 93.0. The van der Waals surface area contributed by atoms with E-state index in [4.69, 9.17) is 23.7 Å². The van der Waals surface area contributed by atoms with Crippen molar-refractivity contribution < 1.29 is 63.2 Å². The van der Waals surface area contributed by atoms with Crippen LogP contribution in [0.2, 0.25) is 0 Å². The Hall–Kier alpha value is -13.3. The molecule has 1 aliphatic carbocycles. The Balaban J connectivity index is 0.000000147. The molecule has 0 unspecified atom stereocenters. The minimum Gasteiger partial charge on any atom is -0.497 e. The molecule has 5 nitrogen and oxygen atoms in total. The van der Waals surface area contributed by atoms with E-state index in [1.165, 1.54) is 108 Å². The van der Waals surface area contributed by atoms with E-state index in [-0.39, 0.29) is 38.9 Å². The zero-order valence-corrected chi connectivity index (χ0v) is 75.9. The van der Waals surface area contributed by atoms with Crippen LogP contribution in [0.3, 0.4) is 0 Å². The highest BCUT2D eigenvalue weighted by molar-refractivity contribution is 5.86. The number of methoxy groups -OCH3 is 2. The topological polar surface area (TPSA) is 46.2 Å². The van der Waals surface area contributed by atoms with Gasteiger partial charge in [0.2, 0.25) is 5.41 Å². The minimum atomic E-state index is -5.65. The maximum atomic E-state index is 14.1. The quantitative estimate of drug-likeness (QED) is 0.0801. The van der Waals surface area contributed by atoms with Gasteiger partial charge >= 0.3 is 18.5 Å². The van der Waals surface area contributed by atoms with Crippen molar-refractivity contribution in [2.24, 2.45) is 0 Å². The molecule has 0 amide bonds. The summed E-state index contributed by atoms with van der Waals surface area (Å²) < 4.78 is 151. The van der Waals surface area contributed by atoms with Crippen LogP contribution in [0.1, 0.15) is 164 Å². The molecule has 0 N–H and O–H groups in total. The molecule has 0 spiro atoms. The fraction of sp³-hybridized carbons (Fsp3) is 0.217. The molecule has 16 rings (SSSR count). The maximum Gasteiger partial charge on any atom is 0.419 e. The lowest BCUT2D eigenvalue weighted by Gasteiger charge is -2.38. The van der Waals surface area contributed by atoms with Gasteiger partial charge in [0.15, 0.2) is 0 Å². The molecule has 15 aromatic carbocycles. The van der Waals surface area contributed by atoms with E-state index < -0.39 is 40.6 Å². The van der Waals surface area contributed by atoms with Crippen molar-refractivity contribution >= 4 is 0 Å². The Bertz CT molecular complexity index is 6050. The normalized spacial score (nSPS) is 12.3. The average Bonchev–Trinajstić information content (AvgIpc) is 1.62. The van der Waals surface area contributed by atoms with E-state index in [0.717, 1.165) is 88.5 Å².